The van der Waals surface area contributed by atoms with Crippen LogP contribution in [0.15, 0.2) is 36.4 Å². The minimum Gasteiger partial charge on any atom is -0.294 e. The van der Waals surface area contributed by atoms with Crippen molar-refractivity contribution in [1.82, 2.24) is 0 Å². The molecule has 0 aliphatic carbocycles. The van der Waals surface area contributed by atoms with Gasteiger partial charge in [-0.05, 0) is 30.2 Å². The van der Waals surface area contributed by atoms with Crippen LogP contribution >= 0.6 is 0 Å². The fourth-order valence-corrected chi connectivity index (χ4v) is 1.80. The molecule has 0 unspecified atom stereocenters. The Morgan fingerprint density at radius 1 is 1.05 bits per heavy atom. The molecule has 0 aliphatic rings. The van der Waals surface area contributed by atoms with Crippen LogP contribution in [0.1, 0.15) is 21.5 Å². The van der Waals surface area contributed by atoms with Gasteiger partial charge in [0.1, 0.15) is 0 Å². The van der Waals surface area contributed by atoms with Gasteiger partial charge in [0.05, 0.1) is 0 Å². The number of hydrogen-bond acceptors (Lipinski definition) is 1. The average Bonchev–Trinajstić information content (AvgIpc) is 2.38. The average molecular weight is 264 g/mol. The Morgan fingerprint density at radius 3 is 2.21 bits per heavy atom. The monoisotopic (exact) mass is 264 g/mol. The summed E-state index contributed by atoms with van der Waals surface area (Å²) in [6.07, 6.45) is 0.0250. The minimum absolute atomic E-state index is 0.0250. The maximum Gasteiger partial charge on any atom is 0.194 e. The molecule has 0 amide bonds. The van der Waals surface area contributed by atoms with Crippen molar-refractivity contribution >= 4 is 5.78 Å². The molecule has 0 bridgehead atoms. The first-order valence-electron chi connectivity index (χ1n) is 5.71. The van der Waals surface area contributed by atoms with Crippen molar-refractivity contribution in [2.45, 2.75) is 13.3 Å². The lowest BCUT2D eigenvalue weighted by Gasteiger charge is -2.06. The molecule has 0 fully saturated rings. The second-order valence-electron chi connectivity index (χ2n) is 4.28. The number of carbonyl (C=O) groups is 1. The van der Waals surface area contributed by atoms with Crippen LogP contribution in [0, 0.1) is 24.4 Å². The summed E-state index contributed by atoms with van der Waals surface area (Å²) in [4.78, 5) is 11.9. The topological polar surface area (TPSA) is 17.1 Å². The molecule has 0 radical (unpaired) electrons. The van der Waals surface area contributed by atoms with E-state index in [4.69, 9.17) is 0 Å². The minimum atomic E-state index is -1.56. The Balaban J connectivity index is 2.28. The molecule has 0 atom stereocenters. The van der Waals surface area contributed by atoms with Gasteiger partial charge in [-0.1, -0.05) is 24.3 Å². The number of hydrogen-bond donors (Lipinski definition) is 0. The number of ketones is 1. The van der Waals surface area contributed by atoms with E-state index in [9.17, 15) is 18.0 Å². The van der Waals surface area contributed by atoms with Gasteiger partial charge < -0.3 is 0 Å². The first-order chi connectivity index (χ1) is 8.99. The predicted molar refractivity (Wildman–Crippen MR) is 65.5 cm³/mol. The number of halogens is 3. The Hall–Kier alpha value is -2.10. The molecule has 0 heterocycles. The van der Waals surface area contributed by atoms with Gasteiger partial charge in [-0.2, -0.15) is 0 Å². The molecule has 0 aromatic heterocycles. The third-order valence-electron chi connectivity index (χ3n) is 2.92. The molecule has 2 rings (SSSR count). The zero-order valence-electron chi connectivity index (χ0n) is 10.2. The van der Waals surface area contributed by atoms with E-state index in [1.54, 1.807) is 12.1 Å². The quantitative estimate of drug-likeness (QED) is 0.608. The largest absolute Gasteiger partial charge is 0.294 e. The third-order valence-corrected chi connectivity index (χ3v) is 2.92. The Labute approximate surface area is 108 Å². The van der Waals surface area contributed by atoms with Crippen molar-refractivity contribution in [3.05, 3.63) is 70.5 Å². The van der Waals surface area contributed by atoms with Crippen LogP contribution in [0.4, 0.5) is 13.2 Å². The highest BCUT2D eigenvalue weighted by atomic mass is 19.2. The predicted octanol–water partition coefficient (Wildman–Crippen LogP) is 3.84. The van der Waals surface area contributed by atoms with Crippen LogP contribution in [0.5, 0.6) is 0 Å². The summed E-state index contributed by atoms with van der Waals surface area (Å²) in [7, 11) is 0. The summed E-state index contributed by atoms with van der Waals surface area (Å²) in [6.45, 7) is 1.84. The van der Waals surface area contributed by atoms with Gasteiger partial charge in [-0.15, -0.1) is 0 Å². The molecule has 0 aliphatic heterocycles. The molecule has 2 aromatic rings. The summed E-state index contributed by atoms with van der Waals surface area (Å²) in [5.74, 6) is -4.72. The van der Waals surface area contributed by atoms with E-state index < -0.39 is 23.2 Å². The van der Waals surface area contributed by atoms with Crippen molar-refractivity contribution in [3.8, 4) is 0 Å². The van der Waals surface area contributed by atoms with Gasteiger partial charge in [0.25, 0.3) is 0 Å². The van der Waals surface area contributed by atoms with Gasteiger partial charge in [-0.25, -0.2) is 13.2 Å². The molecular formula is C15H11F3O. The number of aryl methyl sites for hydroxylation is 1. The number of benzene rings is 2. The summed E-state index contributed by atoms with van der Waals surface area (Å²) < 4.78 is 38.9. The van der Waals surface area contributed by atoms with Crippen LogP contribution in [0.3, 0.4) is 0 Å². The molecular weight excluding hydrogens is 253 g/mol. The van der Waals surface area contributed by atoms with Crippen molar-refractivity contribution < 1.29 is 18.0 Å². The van der Waals surface area contributed by atoms with Crippen LogP contribution < -0.4 is 0 Å². The Morgan fingerprint density at radius 2 is 1.63 bits per heavy atom. The van der Waals surface area contributed by atoms with E-state index in [0.29, 0.717) is 0 Å². The van der Waals surface area contributed by atoms with Crippen molar-refractivity contribution in [2.24, 2.45) is 0 Å². The van der Waals surface area contributed by atoms with Crippen LogP contribution in [0.25, 0.3) is 0 Å². The molecule has 0 spiro atoms. The first-order valence-corrected chi connectivity index (χ1v) is 5.71. The summed E-state index contributed by atoms with van der Waals surface area (Å²) >= 11 is 0. The van der Waals surface area contributed by atoms with E-state index in [2.05, 4.69) is 0 Å². The number of carbonyl (C=O) groups excluding carboxylic acids is 1. The second-order valence-corrected chi connectivity index (χ2v) is 4.28. The molecule has 0 N–H and O–H groups in total. The van der Waals surface area contributed by atoms with Gasteiger partial charge in [0, 0.05) is 12.0 Å². The van der Waals surface area contributed by atoms with Gasteiger partial charge >= 0.3 is 0 Å². The zero-order chi connectivity index (χ0) is 14.0. The van der Waals surface area contributed by atoms with E-state index in [-0.39, 0.29) is 12.0 Å². The van der Waals surface area contributed by atoms with E-state index in [1.165, 1.54) is 0 Å². The van der Waals surface area contributed by atoms with Gasteiger partial charge in [0.2, 0.25) is 0 Å². The van der Waals surface area contributed by atoms with Crippen LogP contribution in [0.2, 0.25) is 0 Å². The third kappa shape index (κ3) is 2.84. The lowest BCUT2D eigenvalue weighted by atomic mass is 9.99. The van der Waals surface area contributed by atoms with Crippen LogP contribution in [-0.4, -0.2) is 5.78 Å². The van der Waals surface area contributed by atoms with Crippen molar-refractivity contribution in [3.63, 3.8) is 0 Å². The molecule has 0 saturated heterocycles. The normalized spacial score (nSPS) is 10.5. The number of Topliss-reactive ketones (excluding diaryl/α,β-unsaturated/α-hetero) is 1. The summed E-state index contributed by atoms with van der Waals surface area (Å²) in [5.41, 5.74) is 1.52. The Bertz CT molecular complexity index is 612. The summed E-state index contributed by atoms with van der Waals surface area (Å²) in [5, 5.41) is 0. The second kappa shape index (κ2) is 5.26. The zero-order valence-corrected chi connectivity index (χ0v) is 10.2. The first kappa shape index (κ1) is 13.3. The van der Waals surface area contributed by atoms with Crippen LogP contribution in [-0.2, 0) is 6.42 Å². The van der Waals surface area contributed by atoms with Crippen molar-refractivity contribution in [2.75, 3.05) is 0 Å². The van der Waals surface area contributed by atoms with E-state index >= 15 is 0 Å². The maximum atomic E-state index is 13.1. The molecule has 2 aromatic carbocycles. The fraction of sp³-hybridized carbons (Fsp3) is 0.133. The van der Waals surface area contributed by atoms with Gasteiger partial charge in [-0.3, -0.25) is 4.79 Å². The highest BCUT2D eigenvalue weighted by molar-refractivity contribution is 5.97. The van der Waals surface area contributed by atoms with Crippen molar-refractivity contribution in [1.29, 1.82) is 0 Å². The molecule has 1 nitrogen and oxygen atoms in total. The molecule has 98 valence electrons. The molecule has 19 heavy (non-hydrogen) atoms. The summed E-state index contributed by atoms with van der Waals surface area (Å²) in [6, 6.07) is 8.66. The lowest BCUT2D eigenvalue weighted by Crippen LogP contribution is -2.07. The standard InChI is InChI=1S/C15H11F3O/c1-9-4-2-3-5-10(9)8-14(19)11-6-12(16)15(18)13(17)7-11/h2-7H,8H2,1H3. The molecule has 0 saturated carbocycles. The fourth-order valence-electron chi connectivity index (χ4n) is 1.80. The smallest absolute Gasteiger partial charge is 0.194 e. The Kier molecular flexibility index (Phi) is 3.69. The van der Waals surface area contributed by atoms with Gasteiger partial charge in [0.15, 0.2) is 23.2 Å². The molecule has 4 heteroatoms. The number of rotatable bonds is 3. The maximum absolute atomic E-state index is 13.1. The highest BCUT2D eigenvalue weighted by Crippen LogP contribution is 2.16. The SMILES string of the molecule is Cc1ccccc1CC(=O)c1cc(F)c(F)c(F)c1. The highest BCUT2D eigenvalue weighted by Gasteiger charge is 2.15. The van der Waals surface area contributed by atoms with E-state index in [0.717, 1.165) is 23.3 Å². The lowest BCUT2D eigenvalue weighted by molar-refractivity contribution is 0.0991. The van der Waals surface area contributed by atoms with E-state index in [1.807, 2.05) is 19.1 Å².